The van der Waals surface area contributed by atoms with Crippen molar-refractivity contribution in [2.24, 2.45) is 0 Å². The van der Waals surface area contributed by atoms with Gasteiger partial charge in [0.25, 0.3) is 10.2 Å². The summed E-state index contributed by atoms with van der Waals surface area (Å²) < 4.78 is 45.9. The Bertz CT molecular complexity index is 631. The highest BCUT2D eigenvalue weighted by molar-refractivity contribution is 7.90. The molecule has 3 N–H and O–H groups in total. The van der Waals surface area contributed by atoms with Gasteiger partial charge in [-0.2, -0.15) is 13.1 Å². The van der Waals surface area contributed by atoms with E-state index in [-0.39, 0.29) is 24.4 Å². The quantitative estimate of drug-likeness (QED) is 0.486. The van der Waals surface area contributed by atoms with Gasteiger partial charge in [-0.1, -0.05) is 0 Å². The van der Waals surface area contributed by atoms with Crippen molar-refractivity contribution in [2.75, 3.05) is 25.0 Å². The average Bonchev–Trinajstić information content (AvgIpc) is 2.37. The third-order valence-corrected chi connectivity index (χ3v) is 3.34. The van der Waals surface area contributed by atoms with Gasteiger partial charge in [-0.25, -0.2) is 9.18 Å². The number of ether oxygens (including phenoxy) is 1. The van der Waals surface area contributed by atoms with Crippen LogP contribution in [0, 0.1) is 5.82 Å². The Kier molecular flexibility index (Phi) is 6.28. The van der Waals surface area contributed by atoms with E-state index >= 15 is 0 Å². The number of nitrogens with one attached hydrogen (secondary N) is 2. The molecule has 0 fully saturated rings. The molecule has 116 valence electrons. The molecular weight excluding hydrogens is 303 g/mol. The smallest absolute Gasteiger partial charge is 0.328 e. The summed E-state index contributed by atoms with van der Waals surface area (Å²) in [5, 5.41) is 8.46. The lowest BCUT2D eigenvalue weighted by Crippen LogP contribution is -2.32. The number of hydrogen-bond acceptors (Lipinski definition) is 4. The zero-order valence-corrected chi connectivity index (χ0v) is 12.0. The summed E-state index contributed by atoms with van der Waals surface area (Å²) in [5.41, 5.74) is 0.0533. The van der Waals surface area contributed by atoms with Crippen LogP contribution in [0.5, 0.6) is 0 Å². The molecule has 9 heteroatoms. The van der Waals surface area contributed by atoms with Gasteiger partial charge >= 0.3 is 5.97 Å². The molecule has 0 aromatic heterocycles. The van der Waals surface area contributed by atoms with Crippen LogP contribution in [0.3, 0.4) is 0 Å². The van der Waals surface area contributed by atoms with Crippen molar-refractivity contribution in [2.45, 2.75) is 0 Å². The average molecular weight is 318 g/mol. The molecule has 0 amide bonds. The highest BCUT2D eigenvalue weighted by atomic mass is 32.2. The van der Waals surface area contributed by atoms with Gasteiger partial charge in [-0.15, -0.1) is 0 Å². The molecule has 1 aromatic carbocycles. The number of hydrogen-bond donors (Lipinski definition) is 3. The van der Waals surface area contributed by atoms with Crippen LogP contribution in [0.2, 0.25) is 0 Å². The highest BCUT2D eigenvalue weighted by Crippen LogP contribution is 2.16. The second-order valence-corrected chi connectivity index (χ2v) is 5.40. The normalized spacial score (nSPS) is 11.7. The fraction of sp³-hybridized carbons (Fsp3) is 0.250. The van der Waals surface area contributed by atoms with E-state index in [2.05, 4.69) is 9.44 Å². The predicted molar refractivity (Wildman–Crippen MR) is 75.5 cm³/mol. The molecule has 1 aromatic rings. The van der Waals surface area contributed by atoms with Gasteiger partial charge in [-0.05, 0) is 24.3 Å². The van der Waals surface area contributed by atoms with Gasteiger partial charge in [0, 0.05) is 25.3 Å². The number of methoxy groups -OCH3 is 1. The van der Waals surface area contributed by atoms with Crippen LogP contribution in [0.4, 0.5) is 10.1 Å². The van der Waals surface area contributed by atoms with E-state index in [9.17, 15) is 17.6 Å². The van der Waals surface area contributed by atoms with Gasteiger partial charge in [0.2, 0.25) is 0 Å². The summed E-state index contributed by atoms with van der Waals surface area (Å²) in [4.78, 5) is 10.3. The minimum absolute atomic E-state index is 0.0184. The topological polar surface area (TPSA) is 105 Å². The first-order chi connectivity index (χ1) is 9.84. The first-order valence-corrected chi connectivity index (χ1v) is 7.29. The maximum Gasteiger partial charge on any atom is 0.328 e. The summed E-state index contributed by atoms with van der Waals surface area (Å²) in [6, 6.07) is 3.54. The third-order valence-electron chi connectivity index (χ3n) is 2.26. The van der Waals surface area contributed by atoms with Crippen LogP contribution in [0.25, 0.3) is 6.08 Å². The molecule has 0 aliphatic rings. The minimum Gasteiger partial charge on any atom is -0.478 e. The van der Waals surface area contributed by atoms with E-state index < -0.39 is 22.0 Å². The number of carboxylic acid groups (broad SMARTS) is 1. The van der Waals surface area contributed by atoms with Gasteiger partial charge < -0.3 is 9.84 Å². The van der Waals surface area contributed by atoms with Crippen LogP contribution in [0.15, 0.2) is 24.3 Å². The Balaban J connectivity index is 2.77. The van der Waals surface area contributed by atoms with Gasteiger partial charge in [0.05, 0.1) is 12.3 Å². The molecule has 0 saturated heterocycles. The zero-order chi connectivity index (χ0) is 15.9. The number of halogens is 1. The number of anilines is 1. The van der Waals surface area contributed by atoms with Crippen LogP contribution < -0.4 is 9.44 Å². The molecule has 0 atom stereocenters. The van der Waals surface area contributed by atoms with Gasteiger partial charge in [0.15, 0.2) is 0 Å². The van der Waals surface area contributed by atoms with Gasteiger partial charge in [-0.3, -0.25) is 4.72 Å². The molecule has 0 radical (unpaired) electrons. The summed E-state index contributed by atoms with van der Waals surface area (Å²) in [5.74, 6) is -1.95. The fourth-order valence-electron chi connectivity index (χ4n) is 1.36. The van der Waals surface area contributed by atoms with Gasteiger partial charge in [0.1, 0.15) is 5.82 Å². The molecule has 7 nitrogen and oxygen atoms in total. The molecule has 0 bridgehead atoms. The van der Waals surface area contributed by atoms with Crippen LogP contribution in [0.1, 0.15) is 5.56 Å². The molecule has 0 spiro atoms. The van der Waals surface area contributed by atoms with Crippen molar-refractivity contribution in [1.29, 1.82) is 0 Å². The van der Waals surface area contributed by atoms with E-state index in [1.165, 1.54) is 19.2 Å². The maximum atomic E-state index is 13.7. The summed E-state index contributed by atoms with van der Waals surface area (Å²) >= 11 is 0. The SMILES string of the molecule is COCCNS(=O)(=O)Nc1ccc(/C=C/C(=O)O)c(F)c1. The number of carboxylic acids is 1. The Morgan fingerprint density at radius 1 is 1.48 bits per heavy atom. The van der Waals surface area contributed by atoms with E-state index in [0.717, 1.165) is 18.2 Å². The van der Waals surface area contributed by atoms with Crippen LogP contribution in [-0.2, 0) is 19.7 Å². The van der Waals surface area contributed by atoms with E-state index in [1.807, 2.05) is 0 Å². The van der Waals surface area contributed by atoms with E-state index in [0.29, 0.717) is 0 Å². The Morgan fingerprint density at radius 3 is 2.76 bits per heavy atom. The predicted octanol–water partition coefficient (Wildman–Crippen LogP) is 0.816. The molecule has 0 aliphatic heterocycles. The third kappa shape index (κ3) is 6.34. The van der Waals surface area contributed by atoms with Crippen LogP contribution >= 0.6 is 0 Å². The Labute approximate surface area is 121 Å². The zero-order valence-electron chi connectivity index (χ0n) is 11.2. The van der Waals surface area contributed by atoms with Crippen LogP contribution in [-0.4, -0.2) is 39.8 Å². The fourth-order valence-corrected chi connectivity index (χ4v) is 2.22. The number of benzene rings is 1. The minimum atomic E-state index is -3.82. The molecule has 0 unspecified atom stereocenters. The largest absolute Gasteiger partial charge is 0.478 e. The summed E-state index contributed by atoms with van der Waals surface area (Å²) in [7, 11) is -2.39. The molecule has 21 heavy (non-hydrogen) atoms. The first kappa shape index (κ1) is 17.1. The van der Waals surface area contributed by atoms with E-state index in [1.54, 1.807) is 0 Å². The number of rotatable bonds is 8. The van der Waals surface area contributed by atoms with Crippen molar-refractivity contribution >= 4 is 27.9 Å². The lowest BCUT2D eigenvalue weighted by atomic mass is 10.2. The molecule has 0 heterocycles. The van der Waals surface area contributed by atoms with Crippen molar-refractivity contribution in [3.63, 3.8) is 0 Å². The first-order valence-electron chi connectivity index (χ1n) is 5.81. The second kappa shape index (κ2) is 7.72. The second-order valence-electron chi connectivity index (χ2n) is 3.90. The summed E-state index contributed by atoms with van der Waals surface area (Å²) in [6.07, 6.45) is 1.86. The number of carbonyl (C=O) groups is 1. The lowest BCUT2D eigenvalue weighted by Gasteiger charge is -2.09. The monoisotopic (exact) mass is 318 g/mol. The maximum absolute atomic E-state index is 13.7. The van der Waals surface area contributed by atoms with Crippen molar-refractivity contribution in [1.82, 2.24) is 4.72 Å². The lowest BCUT2D eigenvalue weighted by molar-refractivity contribution is -0.131. The summed E-state index contributed by atoms with van der Waals surface area (Å²) in [6.45, 7) is 0.280. The number of aliphatic carboxylic acids is 1. The van der Waals surface area contributed by atoms with Crippen molar-refractivity contribution < 1.29 is 27.4 Å². The molecule has 1 rings (SSSR count). The Hall–Kier alpha value is -1.97. The molecule has 0 aliphatic carbocycles. The standard InChI is InChI=1S/C12H15FN2O5S/c1-20-7-6-14-21(18,19)15-10-4-2-9(11(13)8-10)3-5-12(16)17/h2-5,8,14-15H,6-7H2,1H3,(H,16,17)/b5-3+. The highest BCUT2D eigenvalue weighted by Gasteiger charge is 2.10. The van der Waals surface area contributed by atoms with Crippen molar-refractivity contribution in [3.8, 4) is 0 Å². The molecular formula is C12H15FN2O5S. The Morgan fingerprint density at radius 2 is 2.19 bits per heavy atom. The van der Waals surface area contributed by atoms with Crippen molar-refractivity contribution in [3.05, 3.63) is 35.7 Å². The molecule has 0 saturated carbocycles. The van der Waals surface area contributed by atoms with E-state index in [4.69, 9.17) is 9.84 Å².